The van der Waals surface area contributed by atoms with Gasteiger partial charge in [0.2, 0.25) is 5.75 Å². The summed E-state index contributed by atoms with van der Waals surface area (Å²) in [6.45, 7) is 1.88. The zero-order chi connectivity index (χ0) is 24.9. The molecule has 0 spiro atoms. The topological polar surface area (TPSA) is 99.6 Å². The van der Waals surface area contributed by atoms with E-state index in [1.165, 1.54) is 41.2 Å². The molecule has 178 valence electrons. The minimum atomic E-state index is -0.567. The normalized spacial score (nSPS) is 11.3. The minimum Gasteiger partial charge on any atom is -0.481 e. The van der Waals surface area contributed by atoms with Crippen molar-refractivity contribution in [3.05, 3.63) is 108 Å². The van der Waals surface area contributed by atoms with E-state index in [2.05, 4.69) is 26.0 Å². The van der Waals surface area contributed by atoms with E-state index in [1.807, 2.05) is 13.0 Å². The third kappa shape index (κ3) is 5.43. The molecule has 0 aliphatic carbocycles. The van der Waals surface area contributed by atoms with Crippen LogP contribution in [-0.4, -0.2) is 20.8 Å². The third-order valence-electron chi connectivity index (χ3n) is 5.15. The van der Waals surface area contributed by atoms with Crippen molar-refractivity contribution in [3.63, 3.8) is 0 Å². The Morgan fingerprint density at radius 3 is 2.74 bits per heavy atom. The highest BCUT2D eigenvalue weighted by Gasteiger charge is 2.19. The van der Waals surface area contributed by atoms with Gasteiger partial charge in [-0.05, 0) is 48.4 Å². The van der Waals surface area contributed by atoms with Crippen LogP contribution in [0, 0.1) is 15.9 Å². The molecule has 1 aromatic heterocycles. The summed E-state index contributed by atoms with van der Waals surface area (Å²) in [5.74, 6) is -0.00274. The predicted octanol–water partition coefficient (Wildman–Crippen LogP) is 5.62. The molecule has 0 saturated carbocycles. The maximum absolute atomic E-state index is 13.5. The second-order valence-corrected chi connectivity index (χ2v) is 8.59. The summed E-state index contributed by atoms with van der Waals surface area (Å²) in [4.78, 5) is 28.9. The van der Waals surface area contributed by atoms with Gasteiger partial charge in [0.05, 0.1) is 22.0 Å². The number of aromatic nitrogens is 2. The van der Waals surface area contributed by atoms with E-state index in [0.717, 1.165) is 10.9 Å². The van der Waals surface area contributed by atoms with Gasteiger partial charge in [0, 0.05) is 22.5 Å². The number of nitro benzene ring substituents is 1. The quantitative estimate of drug-likeness (QED) is 0.164. The highest BCUT2D eigenvalue weighted by molar-refractivity contribution is 9.10. The van der Waals surface area contributed by atoms with Crippen LogP contribution in [0.1, 0.15) is 30.3 Å². The molecule has 10 heteroatoms. The number of nitrogens with zero attached hydrogens (tertiary/aromatic N) is 4. The van der Waals surface area contributed by atoms with E-state index in [4.69, 9.17) is 4.74 Å². The molecule has 0 bridgehead atoms. The van der Waals surface area contributed by atoms with Crippen LogP contribution in [0.5, 0.6) is 5.75 Å². The molecular weight excluding hydrogens is 519 g/mol. The van der Waals surface area contributed by atoms with Gasteiger partial charge in [-0.1, -0.05) is 41.1 Å². The number of benzene rings is 3. The summed E-state index contributed by atoms with van der Waals surface area (Å²) in [5.41, 5.74) is 0.731. The number of ether oxygens (including phenoxy) is 1. The average molecular weight is 539 g/mol. The number of nitro groups is 1. The molecule has 0 radical (unpaired) electrons. The first-order valence-electron chi connectivity index (χ1n) is 10.8. The van der Waals surface area contributed by atoms with Crippen LogP contribution in [0.15, 0.2) is 75.0 Å². The number of fused-ring (bicyclic) bond motifs is 1. The molecule has 3 aromatic carbocycles. The number of para-hydroxylation sites is 1. The highest BCUT2D eigenvalue weighted by Crippen LogP contribution is 2.31. The minimum absolute atomic E-state index is 0.0351. The standard InChI is InChI=1S/C25H20BrFN4O4/c1-2-5-23-29-21-11-10-18(26)13-20(21)25(32)30(23)28-14-17-7-4-9-22(31(33)34)24(17)35-15-16-6-3-8-19(27)12-16/h3-4,6-14H,2,5,15H2,1H3. The van der Waals surface area contributed by atoms with Crippen molar-refractivity contribution >= 4 is 38.7 Å². The zero-order valence-electron chi connectivity index (χ0n) is 18.6. The van der Waals surface area contributed by atoms with Gasteiger partial charge >= 0.3 is 5.69 Å². The highest BCUT2D eigenvalue weighted by atomic mass is 79.9. The number of halogens is 2. The lowest BCUT2D eigenvalue weighted by Crippen LogP contribution is -2.22. The summed E-state index contributed by atoms with van der Waals surface area (Å²) in [6.07, 6.45) is 2.58. The van der Waals surface area contributed by atoms with Crippen molar-refractivity contribution in [2.24, 2.45) is 5.10 Å². The molecule has 4 rings (SSSR count). The van der Waals surface area contributed by atoms with Crippen LogP contribution in [0.4, 0.5) is 10.1 Å². The van der Waals surface area contributed by atoms with Crippen molar-refractivity contribution < 1.29 is 14.1 Å². The molecule has 8 nitrogen and oxygen atoms in total. The Labute approximate surface area is 208 Å². The van der Waals surface area contributed by atoms with Crippen molar-refractivity contribution in [1.82, 2.24) is 9.66 Å². The Kier molecular flexibility index (Phi) is 7.31. The first-order valence-corrected chi connectivity index (χ1v) is 11.6. The fourth-order valence-electron chi connectivity index (χ4n) is 3.55. The zero-order valence-corrected chi connectivity index (χ0v) is 20.2. The van der Waals surface area contributed by atoms with Crippen LogP contribution in [0.3, 0.4) is 0 Å². The first-order chi connectivity index (χ1) is 16.9. The number of aryl methyl sites for hydroxylation is 1. The van der Waals surface area contributed by atoms with Crippen LogP contribution in [-0.2, 0) is 13.0 Å². The van der Waals surface area contributed by atoms with Gasteiger partial charge in [-0.15, -0.1) is 0 Å². The summed E-state index contributed by atoms with van der Waals surface area (Å²) in [5, 5.41) is 16.4. The lowest BCUT2D eigenvalue weighted by atomic mass is 10.2. The molecule has 0 unspecified atom stereocenters. The van der Waals surface area contributed by atoms with Gasteiger partial charge in [-0.2, -0.15) is 9.78 Å². The molecular formula is C25H20BrFN4O4. The molecule has 0 atom stereocenters. The summed E-state index contributed by atoms with van der Waals surface area (Å²) in [6, 6.07) is 15.4. The molecule has 4 aromatic rings. The number of hydrogen-bond donors (Lipinski definition) is 0. The first kappa shape index (κ1) is 24.2. The van der Waals surface area contributed by atoms with Crippen molar-refractivity contribution in [3.8, 4) is 5.75 Å². The van der Waals surface area contributed by atoms with Gasteiger partial charge in [-0.25, -0.2) is 9.37 Å². The Balaban J connectivity index is 1.77. The van der Waals surface area contributed by atoms with Crippen molar-refractivity contribution in [2.75, 3.05) is 0 Å². The van der Waals surface area contributed by atoms with E-state index in [0.29, 0.717) is 34.3 Å². The van der Waals surface area contributed by atoms with E-state index < -0.39 is 10.7 Å². The fraction of sp³-hybridized carbons (Fsp3) is 0.160. The second-order valence-electron chi connectivity index (χ2n) is 7.67. The van der Waals surface area contributed by atoms with Gasteiger partial charge < -0.3 is 4.74 Å². The lowest BCUT2D eigenvalue weighted by Gasteiger charge is -2.11. The number of rotatable bonds is 8. The Morgan fingerprint density at radius 2 is 2.00 bits per heavy atom. The number of hydrogen-bond acceptors (Lipinski definition) is 6. The van der Waals surface area contributed by atoms with E-state index in [1.54, 1.807) is 24.3 Å². The third-order valence-corrected chi connectivity index (χ3v) is 5.65. The Bertz CT molecular complexity index is 1500. The second kappa shape index (κ2) is 10.6. The molecule has 0 fully saturated rings. The van der Waals surface area contributed by atoms with Crippen LogP contribution in [0.2, 0.25) is 0 Å². The van der Waals surface area contributed by atoms with E-state index in [-0.39, 0.29) is 23.6 Å². The van der Waals surface area contributed by atoms with Gasteiger partial charge in [0.15, 0.2) is 0 Å². The van der Waals surface area contributed by atoms with Gasteiger partial charge in [0.25, 0.3) is 5.56 Å². The van der Waals surface area contributed by atoms with Crippen molar-refractivity contribution in [1.29, 1.82) is 0 Å². The molecule has 0 aliphatic rings. The summed E-state index contributed by atoms with van der Waals surface area (Å²) in [7, 11) is 0. The van der Waals surface area contributed by atoms with E-state index in [9.17, 15) is 19.3 Å². The summed E-state index contributed by atoms with van der Waals surface area (Å²) >= 11 is 3.37. The molecule has 35 heavy (non-hydrogen) atoms. The largest absolute Gasteiger partial charge is 0.481 e. The monoisotopic (exact) mass is 538 g/mol. The van der Waals surface area contributed by atoms with Gasteiger partial charge in [-0.3, -0.25) is 14.9 Å². The van der Waals surface area contributed by atoms with Crippen LogP contribution >= 0.6 is 15.9 Å². The molecule has 0 N–H and O–H groups in total. The Hall–Kier alpha value is -3.92. The van der Waals surface area contributed by atoms with Crippen molar-refractivity contribution in [2.45, 2.75) is 26.4 Å². The molecule has 1 heterocycles. The maximum Gasteiger partial charge on any atom is 0.311 e. The molecule has 0 aliphatic heterocycles. The maximum atomic E-state index is 13.5. The van der Waals surface area contributed by atoms with Gasteiger partial charge in [0.1, 0.15) is 18.2 Å². The van der Waals surface area contributed by atoms with E-state index >= 15 is 0 Å². The van der Waals surface area contributed by atoms with Crippen LogP contribution in [0.25, 0.3) is 10.9 Å². The lowest BCUT2D eigenvalue weighted by molar-refractivity contribution is -0.385. The Morgan fingerprint density at radius 1 is 1.20 bits per heavy atom. The fourth-order valence-corrected chi connectivity index (χ4v) is 3.91. The summed E-state index contributed by atoms with van der Waals surface area (Å²) < 4.78 is 21.2. The average Bonchev–Trinajstić information content (AvgIpc) is 2.83. The smallest absolute Gasteiger partial charge is 0.311 e. The molecule has 0 saturated heterocycles. The van der Waals surface area contributed by atoms with Crippen LogP contribution < -0.4 is 10.3 Å². The molecule has 0 amide bonds. The SMILES string of the molecule is CCCc1nc2ccc(Br)cc2c(=O)n1N=Cc1cccc([N+](=O)[O-])c1OCc1cccc(F)c1. The predicted molar refractivity (Wildman–Crippen MR) is 135 cm³/mol.